The van der Waals surface area contributed by atoms with Crippen LogP contribution in [0.15, 0.2) is 16.7 Å². The van der Waals surface area contributed by atoms with Crippen molar-refractivity contribution in [1.82, 2.24) is 14.9 Å². The van der Waals surface area contributed by atoms with Gasteiger partial charge in [0.15, 0.2) is 0 Å². The molecule has 1 atom stereocenters. The third kappa shape index (κ3) is 3.33. The lowest BCUT2D eigenvalue weighted by Gasteiger charge is -2.32. The van der Waals surface area contributed by atoms with Gasteiger partial charge in [0.05, 0.1) is 0 Å². The number of pyridine rings is 1. The first-order valence-corrected chi connectivity index (χ1v) is 8.71. The van der Waals surface area contributed by atoms with E-state index in [-0.39, 0.29) is 6.10 Å². The Morgan fingerprint density at radius 1 is 1.45 bits per heavy atom. The lowest BCUT2D eigenvalue weighted by atomic mass is 9.92. The minimum Gasteiger partial charge on any atom is -0.467 e. The Morgan fingerprint density at radius 2 is 2.18 bits per heavy atom. The molecule has 0 aromatic carbocycles. The predicted molar refractivity (Wildman–Crippen MR) is 87.5 cm³/mol. The Kier molecular flexibility index (Phi) is 4.49. The number of carbonyl (C=O) groups is 1. The monoisotopic (exact) mass is 385 g/mol. The minimum absolute atomic E-state index is 0.0138. The molecule has 0 saturated carbocycles. The zero-order chi connectivity index (χ0) is 15.7. The van der Waals surface area contributed by atoms with Gasteiger partial charge in [-0.3, -0.25) is 0 Å². The van der Waals surface area contributed by atoms with E-state index in [1.165, 1.54) is 16.2 Å². The van der Waals surface area contributed by atoms with E-state index < -0.39 is 6.09 Å². The topological polar surface area (TPSA) is 75.6 Å². The average Bonchev–Trinajstić information content (AvgIpc) is 2.88. The quantitative estimate of drug-likeness (QED) is 0.816. The smallest absolute Gasteiger partial charge is 0.407 e. The highest BCUT2D eigenvalue weighted by Gasteiger charge is 2.27. The second-order valence-electron chi connectivity index (χ2n) is 5.37. The molecule has 1 aliphatic rings. The van der Waals surface area contributed by atoms with E-state index in [0.29, 0.717) is 24.2 Å². The summed E-state index contributed by atoms with van der Waals surface area (Å²) in [6.45, 7) is 3.17. The zero-order valence-electron chi connectivity index (χ0n) is 12.0. The minimum atomic E-state index is -0.838. The molecule has 8 heteroatoms. The SMILES string of the molecule is CC(Oc1nc2ccc(Br)nc2s1)C1CCN(C(=O)O)CC1. The Morgan fingerprint density at radius 3 is 2.86 bits per heavy atom. The van der Waals surface area contributed by atoms with Crippen molar-refractivity contribution in [3.8, 4) is 5.19 Å². The molecule has 0 aliphatic carbocycles. The highest BCUT2D eigenvalue weighted by molar-refractivity contribution is 9.10. The zero-order valence-corrected chi connectivity index (χ0v) is 14.4. The molecular formula is C14H16BrN3O3S. The number of aromatic nitrogens is 2. The van der Waals surface area contributed by atoms with Crippen LogP contribution in [0.2, 0.25) is 0 Å². The molecule has 0 spiro atoms. The molecule has 1 saturated heterocycles. The fraction of sp³-hybridized carbons (Fsp3) is 0.500. The third-order valence-corrected chi connectivity index (χ3v) is 5.26. The summed E-state index contributed by atoms with van der Waals surface area (Å²) >= 11 is 4.78. The predicted octanol–water partition coefficient (Wildman–Crippen LogP) is 3.61. The molecular weight excluding hydrogens is 370 g/mol. The number of fused-ring (bicyclic) bond motifs is 1. The number of piperidine rings is 1. The van der Waals surface area contributed by atoms with Crippen molar-refractivity contribution in [2.45, 2.75) is 25.9 Å². The van der Waals surface area contributed by atoms with Gasteiger partial charge >= 0.3 is 6.09 Å². The van der Waals surface area contributed by atoms with Crippen LogP contribution in [0, 0.1) is 5.92 Å². The second kappa shape index (κ2) is 6.37. The summed E-state index contributed by atoms with van der Waals surface area (Å²) < 4.78 is 6.74. The van der Waals surface area contributed by atoms with Gasteiger partial charge < -0.3 is 14.7 Å². The van der Waals surface area contributed by atoms with Gasteiger partial charge in [0, 0.05) is 13.1 Å². The molecule has 2 aromatic rings. The highest BCUT2D eigenvalue weighted by atomic mass is 79.9. The molecule has 0 radical (unpaired) electrons. The summed E-state index contributed by atoms with van der Waals surface area (Å²) in [5, 5.41) is 9.60. The van der Waals surface area contributed by atoms with E-state index in [2.05, 4.69) is 25.9 Å². The van der Waals surface area contributed by atoms with Crippen LogP contribution in [0.3, 0.4) is 0 Å². The van der Waals surface area contributed by atoms with Gasteiger partial charge in [0.2, 0.25) is 0 Å². The third-order valence-electron chi connectivity index (χ3n) is 3.96. The largest absolute Gasteiger partial charge is 0.467 e. The Labute approximate surface area is 140 Å². The number of likely N-dealkylation sites (tertiary alicyclic amines) is 1. The molecule has 1 unspecified atom stereocenters. The van der Waals surface area contributed by atoms with Crippen molar-refractivity contribution in [2.75, 3.05) is 13.1 Å². The highest BCUT2D eigenvalue weighted by Crippen LogP contribution is 2.30. The maximum absolute atomic E-state index is 10.9. The van der Waals surface area contributed by atoms with Crippen molar-refractivity contribution in [1.29, 1.82) is 0 Å². The normalized spacial score (nSPS) is 17.6. The number of amides is 1. The van der Waals surface area contributed by atoms with Crippen molar-refractivity contribution in [3.63, 3.8) is 0 Å². The van der Waals surface area contributed by atoms with E-state index in [4.69, 9.17) is 9.84 Å². The van der Waals surface area contributed by atoms with Crippen LogP contribution in [-0.2, 0) is 0 Å². The summed E-state index contributed by atoms with van der Waals surface area (Å²) in [5.74, 6) is 0.349. The summed E-state index contributed by atoms with van der Waals surface area (Å²) in [4.78, 5) is 22.0. The van der Waals surface area contributed by atoms with Gasteiger partial charge in [0.1, 0.15) is 21.1 Å². The first kappa shape index (κ1) is 15.5. The van der Waals surface area contributed by atoms with Crippen LogP contribution in [0.5, 0.6) is 5.19 Å². The van der Waals surface area contributed by atoms with E-state index in [1.807, 2.05) is 19.1 Å². The first-order valence-electron chi connectivity index (χ1n) is 7.10. The first-order chi connectivity index (χ1) is 10.5. The van der Waals surface area contributed by atoms with Crippen molar-refractivity contribution in [2.24, 2.45) is 5.92 Å². The number of ether oxygens (including phenoxy) is 1. The van der Waals surface area contributed by atoms with Crippen molar-refractivity contribution in [3.05, 3.63) is 16.7 Å². The molecule has 0 bridgehead atoms. The lowest BCUT2D eigenvalue weighted by Crippen LogP contribution is -2.41. The number of thiazole rings is 1. The number of rotatable bonds is 3. The van der Waals surface area contributed by atoms with Gasteiger partial charge in [-0.05, 0) is 53.7 Å². The summed E-state index contributed by atoms with van der Waals surface area (Å²) in [6, 6.07) is 3.77. The molecule has 2 aromatic heterocycles. The van der Waals surface area contributed by atoms with E-state index in [0.717, 1.165) is 27.8 Å². The van der Waals surface area contributed by atoms with Crippen molar-refractivity contribution >= 4 is 43.7 Å². The van der Waals surface area contributed by atoms with Gasteiger partial charge in [-0.2, -0.15) is 0 Å². The molecule has 3 rings (SSSR count). The maximum atomic E-state index is 10.9. The van der Waals surface area contributed by atoms with Crippen LogP contribution in [0.4, 0.5) is 4.79 Å². The van der Waals surface area contributed by atoms with Crippen LogP contribution >= 0.6 is 27.3 Å². The van der Waals surface area contributed by atoms with Gasteiger partial charge in [-0.1, -0.05) is 11.3 Å². The summed E-state index contributed by atoms with van der Waals surface area (Å²) in [7, 11) is 0. The molecule has 1 N–H and O–H groups in total. The number of carboxylic acid groups (broad SMARTS) is 1. The van der Waals surface area contributed by atoms with Crippen LogP contribution in [0.25, 0.3) is 10.3 Å². The van der Waals surface area contributed by atoms with Gasteiger partial charge in [0.25, 0.3) is 5.19 Å². The molecule has 1 aliphatic heterocycles. The fourth-order valence-corrected chi connectivity index (χ4v) is 3.94. The summed E-state index contributed by atoms with van der Waals surface area (Å²) in [5.41, 5.74) is 0.830. The Bertz CT molecular complexity index is 685. The van der Waals surface area contributed by atoms with E-state index >= 15 is 0 Å². The number of hydrogen-bond donors (Lipinski definition) is 1. The van der Waals surface area contributed by atoms with Crippen LogP contribution in [-0.4, -0.2) is 45.3 Å². The second-order valence-corrected chi connectivity index (χ2v) is 7.12. The van der Waals surface area contributed by atoms with Crippen LogP contribution < -0.4 is 4.74 Å². The molecule has 1 amide bonds. The van der Waals surface area contributed by atoms with E-state index in [1.54, 1.807) is 0 Å². The number of halogens is 1. The van der Waals surface area contributed by atoms with Crippen molar-refractivity contribution < 1.29 is 14.6 Å². The molecule has 6 nitrogen and oxygen atoms in total. The Balaban J connectivity index is 1.63. The standard InChI is InChI=1S/C14H16BrN3O3S/c1-8(9-4-6-18(7-5-9)14(19)20)21-13-16-10-2-3-11(15)17-12(10)22-13/h2-3,8-9H,4-7H2,1H3,(H,19,20). The number of hydrogen-bond acceptors (Lipinski definition) is 5. The van der Waals surface area contributed by atoms with Gasteiger partial charge in [-0.15, -0.1) is 0 Å². The lowest BCUT2D eigenvalue weighted by molar-refractivity contribution is 0.0813. The Hall–Kier alpha value is -1.41. The molecule has 1 fully saturated rings. The van der Waals surface area contributed by atoms with Gasteiger partial charge in [-0.25, -0.2) is 14.8 Å². The fourth-order valence-electron chi connectivity index (χ4n) is 2.64. The average molecular weight is 386 g/mol. The maximum Gasteiger partial charge on any atom is 0.407 e. The molecule has 22 heavy (non-hydrogen) atoms. The molecule has 118 valence electrons. The van der Waals surface area contributed by atoms with Crippen LogP contribution in [0.1, 0.15) is 19.8 Å². The summed E-state index contributed by atoms with van der Waals surface area (Å²) in [6.07, 6.45) is 0.819. The number of nitrogens with zero attached hydrogens (tertiary/aromatic N) is 3. The molecule has 3 heterocycles. The van der Waals surface area contributed by atoms with E-state index in [9.17, 15) is 4.79 Å².